The number of ether oxygens (including phenoxy) is 1. The maximum Gasteiger partial charge on any atom is 0.294 e. The lowest BCUT2D eigenvalue weighted by molar-refractivity contribution is -0.138. The Morgan fingerprint density at radius 2 is 1.73 bits per heavy atom. The molecule has 1 aromatic heterocycles. The van der Waals surface area contributed by atoms with Crippen molar-refractivity contribution in [2.24, 2.45) is 5.92 Å². The molecular formula is C34H42FN5O7S2. The number of anilines is 1. The minimum absolute atomic E-state index is 0.0741. The van der Waals surface area contributed by atoms with Crippen molar-refractivity contribution >= 4 is 44.2 Å². The number of Topliss-reactive ketones (excluding diaryl/α,β-unsaturated/α-hetero) is 1. The number of piperazine rings is 1. The smallest absolute Gasteiger partial charge is 0.294 e. The van der Waals surface area contributed by atoms with Gasteiger partial charge in [0.05, 0.1) is 17.1 Å². The number of alkyl halides is 1. The fourth-order valence-electron chi connectivity index (χ4n) is 6.11. The van der Waals surface area contributed by atoms with Gasteiger partial charge >= 0.3 is 0 Å². The SMILES string of the molecule is Cc1sc(N2CCN(C)CC2)nc1-c1ccc(C(=O)N[C@@H](CC(C)C)C(=O)N2C[C@H](F)[C@H]3OCC(=O)[C@H]32)cc1.O=S(=O)(O)c1ccccc1. The first kappa shape index (κ1) is 36.5. The molecule has 0 radical (unpaired) electrons. The number of rotatable bonds is 8. The first-order chi connectivity index (χ1) is 23.2. The van der Waals surface area contributed by atoms with Gasteiger partial charge in [-0.2, -0.15) is 8.42 Å². The highest BCUT2D eigenvalue weighted by atomic mass is 32.2. The Kier molecular flexibility index (Phi) is 11.5. The van der Waals surface area contributed by atoms with Gasteiger partial charge in [-0.1, -0.05) is 44.2 Å². The Hall–Kier alpha value is -3.76. The Balaban J connectivity index is 0.000000402. The first-order valence-electron chi connectivity index (χ1n) is 16.2. The van der Waals surface area contributed by atoms with Gasteiger partial charge in [0.25, 0.3) is 16.0 Å². The van der Waals surface area contributed by atoms with Crippen LogP contribution in [-0.4, -0.2) is 116 Å². The van der Waals surface area contributed by atoms with Crippen LogP contribution in [0, 0.1) is 12.8 Å². The second-order valence-electron chi connectivity index (χ2n) is 12.9. The molecule has 264 valence electrons. The van der Waals surface area contributed by atoms with Gasteiger partial charge in [-0.3, -0.25) is 18.9 Å². The zero-order valence-electron chi connectivity index (χ0n) is 27.9. The number of hydrogen-bond donors (Lipinski definition) is 2. The number of aromatic nitrogens is 1. The van der Waals surface area contributed by atoms with E-state index in [2.05, 4.69) is 29.1 Å². The molecule has 3 aliphatic heterocycles. The van der Waals surface area contributed by atoms with E-state index in [1.165, 1.54) is 17.0 Å². The number of carbonyl (C=O) groups is 3. The van der Waals surface area contributed by atoms with Crippen molar-refractivity contribution in [3.63, 3.8) is 0 Å². The van der Waals surface area contributed by atoms with Gasteiger partial charge in [0.15, 0.2) is 10.9 Å². The van der Waals surface area contributed by atoms with Crippen molar-refractivity contribution in [3.05, 3.63) is 65.0 Å². The lowest BCUT2D eigenvalue weighted by atomic mass is 10.0. The molecule has 6 rings (SSSR count). The number of likely N-dealkylation sites (tertiary alicyclic amines) is 1. The third kappa shape index (κ3) is 8.70. The number of amides is 2. The maximum atomic E-state index is 14.5. The summed E-state index contributed by atoms with van der Waals surface area (Å²) in [6, 6.07) is 12.8. The molecule has 2 aromatic carbocycles. The normalized spacial score (nSPS) is 21.7. The number of aryl methyl sites for hydroxylation is 1. The van der Waals surface area contributed by atoms with Gasteiger partial charge in [-0.15, -0.1) is 11.3 Å². The van der Waals surface area contributed by atoms with E-state index < -0.39 is 46.3 Å². The lowest BCUT2D eigenvalue weighted by Gasteiger charge is -2.32. The zero-order chi connectivity index (χ0) is 35.5. The summed E-state index contributed by atoms with van der Waals surface area (Å²) in [5, 5.41) is 3.86. The van der Waals surface area contributed by atoms with Crippen LogP contribution >= 0.6 is 11.3 Å². The highest BCUT2D eigenvalue weighted by Gasteiger charge is 2.53. The highest BCUT2D eigenvalue weighted by Crippen LogP contribution is 2.33. The number of nitrogens with zero attached hydrogens (tertiary/aromatic N) is 4. The minimum atomic E-state index is -4.00. The van der Waals surface area contributed by atoms with E-state index in [1.54, 1.807) is 41.7 Å². The standard InChI is InChI=1S/C28H36FN5O4S.C6H6O3S/c1-16(2)13-21(27(37)34-14-20(29)25-24(34)22(35)15-38-25)30-26(36)19-7-5-18(6-8-19)23-17(3)39-28(31-23)33-11-9-32(4)10-12-33;7-10(8,9)6-4-2-1-3-5-6/h5-8,16,20-21,24-25H,9-15H2,1-4H3,(H,30,36);1-5H,(H,7,8,9)/t20-,21-,24+,25+;/m0./s1. The summed E-state index contributed by atoms with van der Waals surface area (Å²) in [5.41, 5.74) is 2.24. The summed E-state index contributed by atoms with van der Waals surface area (Å²) in [6.45, 7) is 9.47. The molecule has 12 nitrogen and oxygen atoms in total. The van der Waals surface area contributed by atoms with Crippen LogP contribution in [0.2, 0.25) is 0 Å². The van der Waals surface area contributed by atoms with E-state index in [4.69, 9.17) is 14.3 Å². The summed E-state index contributed by atoms with van der Waals surface area (Å²) in [7, 11) is -1.88. The van der Waals surface area contributed by atoms with Crippen LogP contribution in [0.4, 0.5) is 9.52 Å². The second-order valence-corrected chi connectivity index (χ2v) is 15.5. The molecule has 3 fully saturated rings. The van der Waals surface area contributed by atoms with Crippen LogP contribution in [0.15, 0.2) is 59.5 Å². The average molecular weight is 716 g/mol. The Morgan fingerprint density at radius 1 is 1.08 bits per heavy atom. The average Bonchev–Trinajstić information content (AvgIpc) is 3.75. The molecule has 0 bridgehead atoms. The van der Waals surface area contributed by atoms with E-state index in [1.807, 2.05) is 26.0 Å². The molecule has 15 heteroatoms. The van der Waals surface area contributed by atoms with E-state index in [-0.39, 0.29) is 29.7 Å². The molecule has 0 spiro atoms. The van der Waals surface area contributed by atoms with Crippen LogP contribution in [0.5, 0.6) is 0 Å². The summed E-state index contributed by atoms with van der Waals surface area (Å²) < 4.78 is 49.0. The number of hydrogen-bond acceptors (Lipinski definition) is 10. The minimum Gasteiger partial charge on any atom is -0.365 e. The molecule has 0 aliphatic carbocycles. The molecule has 0 unspecified atom stereocenters. The molecule has 4 atom stereocenters. The number of thiazole rings is 1. The maximum absolute atomic E-state index is 14.5. The Morgan fingerprint density at radius 3 is 2.33 bits per heavy atom. The monoisotopic (exact) mass is 715 g/mol. The van der Waals surface area contributed by atoms with Crippen LogP contribution in [0.3, 0.4) is 0 Å². The second kappa shape index (κ2) is 15.4. The van der Waals surface area contributed by atoms with Crippen LogP contribution < -0.4 is 10.2 Å². The quantitative estimate of drug-likeness (QED) is 0.332. The largest absolute Gasteiger partial charge is 0.365 e. The van der Waals surface area contributed by atoms with Crippen molar-refractivity contribution in [3.8, 4) is 11.3 Å². The number of halogens is 1. The molecular weight excluding hydrogens is 674 g/mol. The fourth-order valence-corrected chi connectivity index (χ4v) is 7.60. The topological polar surface area (TPSA) is 149 Å². The summed E-state index contributed by atoms with van der Waals surface area (Å²) >= 11 is 1.68. The van der Waals surface area contributed by atoms with Crippen molar-refractivity contribution in [2.75, 3.05) is 51.3 Å². The molecule has 0 saturated carbocycles. The predicted molar refractivity (Wildman–Crippen MR) is 184 cm³/mol. The molecule has 3 saturated heterocycles. The number of likely N-dealkylation sites (N-methyl/N-ethyl adjacent to an activating group) is 1. The van der Waals surface area contributed by atoms with E-state index >= 15 is 0 Å². The molecule has 2 N–H and O–H groups in total. The van der Waals surface area contributed by atoms with Crippen molar-refractivity contribution < 1.29 is 36.5 Å². The summed E-state index contributed by atoms with van der Waals surface area (Å²) in [6.07, 6.45) is -1.97. The summed E-state index contributed by atoms with van der Waals surface area (Å²) in [4.78, 5) is 50.7. The Bertz CT molecular complexity index is 1750. The molecule has 4 heterocycles. The lowest BCUT2D eigenvalue weighted by Crippen LogP contribution is -2.52. The van der Waals surface area contributed by atoms with Crippen LogP contribution in [0.1, 0.15) is 35.5 Å². The van der Waals surface area contributed by atoms with Gasteiger partial charge in [0.2, 0.25) is 5.91 Å². The number of ketones is 1. The third-order valence-corrected chi connectivity index (χ3v) is 10.6. The molecule has 3 aromatic rings. The van der Waals surface area contributed by atoms with Gasteiger partial charge in [-0.05, 0) is 50.6 Å². The van der Waals surface area contributed by atoms with Crippen LogP contribution in [0.25, 0.3) is 11.3 Å². The van der Waals surface area contributed by atoms with E-state index in [9.17, 15) is 27.2 Å². The van der Waals surface area contributed by atoms with Gasteiger partial charge in [-0.25, -0.2) is 9.37 Å². The fraction of sp³-hybridized carbons (Fsp3) is 0.471. The Labute approximate surface area is 290 Å². The molecule has 3 aliphatic rings. The highest BCUT2D eigenvalue weighted by molar-refractivity contribution is 7.85. The van der Waals surface area contributed by atoms with Gasteiger partial charge in [0, 0.05) is 42.2 Å². The third-order valence-electron chi connectivity index (χ3n) is 8.74. The van der Waals surface area contributed by atoms with Crippen molar-refractivity contribution in [2.45, 2.75) is 56.4 Å². The van der Waals surface area contributed by atoms with Gasteiger partial charge < -0.3 is 24.8 Å². The first-order valence-corrected chi connectivity index (χ1v) is 18.4. The number of fused-ring (bicyclic) bond motifs is 1. The molecule has 2 amide bonds. The zero-order valence-corrected chi connectivity index (χ0v) is 29.5. The molecule has 49 heavy (non-hydrogen) atoms. The van der Waals surface area contributed by atoms with E-state index in [0.717, 1.165) is 47.4 Å². The van der Waals surface area contributed by atoms with Gasteiger partial charge in [0.1, 0.15) is 31.0 Å². The number of carbonyl (C=O) groups excluding carboxylic acids is 3. The van der Waals surface area contributed by atoms with Crippen molar-refractivity contribution in [1.82, 2.24) is 20.1 Å². The summed E-state index contributed by atoms with van der Waals surface area (Å²) in [5.74, 6) is -1.04. The van der Waals surface area contributed by atoms with Crippen molar-refractivity contribution in [1.29, 1.82) is 0 Å². The predicted octanol–water partition coefficient (Wildman–Crippen LogP) is 3.46. The van der Waals surface area contributed by atoms with Crippen LogP contribution in [-0.2, 0) is 24.4 Å². The number of benzene rings is 2. The number of nitrogens with one attached hydrogen (secondary N) is 1. The van der Waals surface area contributed by atoms with E-state index in [0.29, 0.717) is 12.0 Å².